The first-order chi connectivity index (χ1) is 16.7. The second-order valence-electron chi connectivity index (χ2n) is 7.83. The topological polar surface area (TPSA) is 106 Å². The minimum atomic E-state index is -0.246. The maximum absolute atomic E-state index is 12.4. The van der Waals surface area contributed by atoms with Crippen LogP contribution in [0.5, 0.6) is 0 Å². The van der Waals surface area contributed by atoms with Crippen LogP contribution >= 0.6 is 11.8 Å². The van der Waals surface area contributed by atoms with E-state index in [4.69, 9.17) is 4.98 Å². The molecule has 0 unspecified atom stereocenters. The molecular formula is C25H18N6O2S. The van der Waals surface area contributed by atoms with E-state index in [1.807, 2.05) is 48.5 Å². The molecule has 34 heavy (non-hydrogen) atoms. The largest absolute Gasteiger partial charge is 0.311 e. The molecule has 2 aromatic heterocycles. The van der Waals surface area contributed by atoms with Crippen molar-refractivity contribution in [3.05, 3.63) is 83.2 Å². The number of rotatable bonds is 6. The van der Waals surface area contributed by atoms with E-state index in [0.717, 1.165) is 33.3 Å². The van der Waals surface area contributed by atoms with Gasteiger partial charge < -0.3 is 5.32 Å². The Balaban J connectivity index is 1.12. The molecular weight excluding hydrogens is 448 g/mol. The van der Waals surface area contributed by atoms with Crippen molar-refractivity contribution in [3.63, 3.8) is 0 Å². The van der Waals surface area contributed by atoms with E-state index in [1.54, 1.807) is 0 Å². The highest BCUT2D eigenvalue weighted by molar-refractivity contribution is 7.99. The van der Waals surface area contributed by atoms with Gasteiger partial charge in [0.2, 0.25) is 11.1 Å². The lowest BCUT2D eigenvalue weighted by Gasteiger charge is -2.05. The van der Waals surface area contributed by atoms with Crippen LogP contribution in [-0.2, 0) is 4.79 Å². The molecule has 0 atom stereocenters. The molecule has 9 heteroatoms. The summed E-state index contributed by atoms with van der Waals surface area (Å²) < 4.78 is 1.38. The predicted octanol–water partition coefficient (Wildman–Crippen LogP) is 4.27. The first-order valence-corrected chi connectivity index (χ1v) is 11.7. The van der Waals surface area contributed by atoms with Crippen LogP contribution in [0.25, 0.3) is 39.0 Å². The number of aromatic nitrogens is 5. The van der Waals surface area contributed by atoms with Gasteiger partial charge >= 0.3 is 0 Å². The van der Waals surface area contributed by atoms with E-state index in [9.17, 15) is 9.59 Å². The number of para-hydroxylation sites is 1. The lowest BCUT2D eigenvalue weighted by atomic mass is 10.0. The first-order valence-electron chi connectivity index (χ1n) is 10.7. The molecule has 3 aromatic carbocycles. The van der Waals surface area contributed by atoms with Gasteiger partial charge in [0.1, 0.15) is 17.2 Å². The molecule has 1 aliphatic rings. The number of amides is 1. The standard InChI is InChI=1S/C25H18N6O2S/c32-20(26-19-14-21(33)31(30-19)16-8-2-1-3-9-16)12-13-34-25-27-23-17-10-4-6-15-7-5-11-18(22(15)17)24(23)28-29-25/h1-11,14,30H,12-13H2,(H,26,32). The van der Waals surface area contributed by atoms with Gasteiger partial charge in [-0.3, -0.25) is 14.7 Å². The van der Waals surface area contributed by atoms with E-state index in [-0.39, 0.29) is 17.9 Å². The third-order valence-corrected chi connectivity index (χ3v) is 6.49. The second kappa shape index (κ2) is 8.27. The zero-order chi connectivity index (χ0) is 23.1. The van der Waals surface area contributed by atoms with E-state index in [2.05, 4.69) is 38.8 Å². The Bertz CT molecular complexity index is 1600. The van der Waals surface area contributed by atoms with E-state index < -0.39 is 0 Å². The predicted molar refractivity (Wildman–Crippen MR) is 132 cm³/mol. The van der Waals surface area contributed by atoms with Gasteiger partial charge in [-0.15, -0.1) is 10.2 Å². The molecule has 0 bridgehead atoms. The van der Waals surface area contributed by atoms with Gasteiger partial charge in [0, 0.05) is 34.8 Å². The quantitative estimate of drug-likeness (QED) is 0.355. The number of fused-ring (bicyclic) bond motifs is 3. The first kappa shape index (κ1) is 20.4. The number of carbonyl (C=O) groups excluding carboxylic acids is 1. The van der Waals surface area contributed by atoms with E-state index in [0.29, 0.717) is 22.4 Å². The molecule has 0 radical (unpaired) electrons. The SMILES string of the molecule is O=C(CCSc1nnc2c(n1)-c1cccc3cccc-2c13)Nc1cc(=O)n(-c2ccccc2)[nH]1. The van der Waals surface area contributed by atoms with Gasteiger partial charge in [-0.05, 0) is 17.5 Å². The number of aromatic amines is 1. The molecule has 6 rings (SSSR count). The average molecular weight is 467 g/mol. The van der Waals surface area contributed by atoms with Gasteiger partial charge in [-0.25, -0.2) is 9.67 Å². The van der Waals surface area contributed by atoms with Crippen molar-refractivity contribution in [2.45, 2.75) is 11.6 Å². The Morgan fingerprint density at radius 2 is 1.71 bits per heavy atom. The Kier molecular flexibility index (Phi) is 4.96. The Hall–Kier alpha value is -4.24. The van der Waals surface area contributed by atoms with Crippen LogP contribution < -0.4 is 10.9 Å². The highest BCUT2D eigenvalue weighted by atomic mass is 32.2. The number of hydrogen-bond acceptors (Lipinski definition) is 6. The molecule has 2 N–H and O–H groups in total. The summed E-state index contributed by atoms with van der Waals surface area (Å²) >= 11 is 1.38. The maximum Gasteiger partial charge on any atom is 0.273 e. The molecule has 1 aliphatic carbocycles. The molecule has 0 aliphatic heterocycles. The Labute approximate surface area is 198 Å². The number of carbonyl (C=O) groups is 1. The summed E-state index contributed by atoms with van der Waals surface area (Å²) in [5.74, 6) is 0.623. The molecule has 0 spiro atoms. The average Bonchev–Trinajstić information content (AvgIpc) is 3.38. The van der Waals surface area contributed by atoms with Crippen LogP contribution in [-0.4, -0.2) is 36.6 Å². The Morgan fingerprint density at radius 3 is 2.50 bits per heavy atom. The highest BCUT2D eigenvalue weighted by Gasteiger charge is 2.24. The molecule has 8 nitrogen and oxygen atoms in total. The van der Waals surface area contributed by atoms with Crippen molar-refractivity contribution in [1.82, 2.24) is 25.0 Å². The molecule has 0 fully saturated rings. The summed E-state index contributed by atoms with van der Waals surface area (Å²) in [5, 5.41) is 17.2. The van der Waals surface area contributed by atoms with Gasteiger partial charge in [-0.2, -0.15) is 0 Å². The normalized spacial score (nSPS) is 11.5. The van der Waals surface area contributed by atoms with Gasteiger partial charge in [0.15, 0.2) is 0 Å². The molecule has 0 saturated heterocycles. The van der Waals surface area contributed by atoms with Crippen molar-refractivity contribution in [1.29, 1.82) is 0 Å². The number of nitrogens with zero attached hydrogens (tertiary/aromatic N) is 4. The minimum Gasteiger partial charge on any atom is -0.311 e. The van der Waals surface area contributed by atoms with Gasteiger partial charge in [-0.1, -0.05) is 66.4 Å². The van der Waals surface area contributed by atoms with Crippen LogP contribution in [0.15, 0.2) is 82.7 Å². The van der Waals surface area contributed by atoms with E-state index >= 15 is 0 Å². The fourth-order valence-electron chi connectivity index (χ4n) is 4.15. The number of benzene rings is 3. The van der Waals surface area contributed by atoms with E-state index in [1.165, 1.54) is 22.5 Å². The second-order valence-corrected chi connectivity index (χ2v) is 8.89. The summed E-state index contributed by atoms with van der Waals surface area (Å²) in [7, 11) is 0. The molecule has 5 aromatic rings. The Morgan fingerprint density at radius 1 is 0.941 bits per heavy atom. The number of thioether (sulfide) groups is 1. The van der Waals surface area contributed by atoms with Crippen LogP contribution in [0.3, 0.4) is 0 Å². The smallest absolute Gasteiger partial charge is 0.273 e. The van der Waals surface area contributed by atoms with Crippen molar-refractivity contribution in [2.24, 2.45) is 0 Å². The van der Waals surface area contributed by atoms with Gasteiger partial charge in [0.25, 0.3) is 5.56 Å². The monoisotopic (exact) mass is 466 g/mol. The third-order valence-electron chi connectivity index (χ3n) is 5.65. The van der Waals surface area contributed by atoms with Crippen molar-refractivity contribution in [3.8, 4) is 28.2 Å². The number of hydrogen-bond donors (Lipinski definition) is 2. The minimum absolute atomic E-state index is 0.208. The fourth-order valence-corrected chi connectivity index (χ4v) is 4.88. The van der Waals surface area contributed by atoms with Crippen molar-refractivity contribution < 1.29 is 4.79 Å². The van der Waals surface area contributed by atoms with Crippen molar-refractivity contribution in [2.75, 3.05) is 11.1 Å². The van der Waals surface area contributed by atoms with Gasteiger partial charge in [0.05, 0.1) is 5.69 Å². The van der Waals surface area contributed by atoms with Crippen LogP contribution in [0.1, 0.15) is 6.42 Å². The molecule has 1 amide bonds. The van der Waals surface area contributed by atoms with Crippen LogP contribution in [0, 0.1) is 0 Å². The summed E-state index contributed by atoms with van der Waals surface area (Å²) in [6.45, 7) is 0. The molecule has 166 valence electrons. The zero-order valence-corrected chi connectivity index (χ0v) is 18.7. The zero-order valence-electron chi connectivity index (χ0n) is 17.9. The summed E-state index contributed by atoms with van der Waals surface area (Å²) in [5.41, 5.74) is 4.18. The van der Waals surface area contributed by atoms with Crippen LogP contribution in [0.2, 0.25) is 0 Å². The third kappa shape index (κ3) is 3.56. The molecule has 0 saturated carbocycles. The number of H-pyrrole nitrogens is 1. The highest BCUT2D eigenvalue weighted by Crippen LogP contribution is 2.44. The summed E-state index contributed by atoms with van der Waals surface area (Å²) in [6.07, 6.45) is 0.236. The summed E-state index contributed by atoms with van der Waals surface area (Å²) in [6, 6.07) is 22.8. The number of anilines is 1. The van der Waals surface area contributed by atoms with Crippen LogP contribution in [0.4, 0.5) is 5.82 Å². The lowest BCUT2D eigenvalue weighted by Crippen LogP contribution is -2.14. The number of nitrogens with one attached hydrogen (secondary N) is 2. The molecule has 2 heterocycles. The fraction of sp³-hybridized carbons (Fsp3) is 0.0800. The maximum atomic E-state index is 12.4. The lowest BCUT2D eigenvalue weighted by molar-refractivity contribution is -0.115. The van der Waals surface area contributed by atoms with Crippen molar-refractivity contribution >= 4 is 34.3 Å². The summed E-state index contributed by atoms with van der Waals surface area (Å²) in [4.78, 5) is 29.4.